The van der Waals surface area contributed by atoms with E-state index in [0.717, 1.165) is 0 Å². The van der Waals surface area contributed by atoms with Crippen LogP contribution in [0.5, 0.6) is 0 Å². The monoisotopic (exact) mass is 396 g/mol. The van der Waals surface area contributed by atoms with Crippen molar-refractivity contribution in [1.29, 1.82) is 0 Å². The highest BCUT2D eigenvalue weighted by Gasteiger charge is 2.44. The summed E-state index contributed by atoms with van der Waals surface area (Å²) in [6.07, 6.45) is -0.950. The van der Waals surface area contributed by atoms with Gasteiger partial charge in [-0.15, -0.1) is 0 Å². The maximum absolute atomic E-state index is 12.5. The number of likely N-dealkylation sites (tertiary alicyclic amines) is 1. The third kappa shape index (κ3) is 5.19. The minimum absolute atomic E-state index is 0.0263. The lowest BCUT2D eigenvalue weighted by atomic mass is 9.86. The molecule has 7 nitrogen and oxygen atoms in total. The fourth-order valence-corrected chi connectivity index (χ4v) is 3.81. The highest BCUT2D eigenvalue weighted by Crippen LogP contribution is 2.30. The SMILES string of the molecule is CCS(=O)(=O)CCN1CCC(C(=O)NCC(F)(F)F)(n2cccn2)CC1. The Balaban J connectivity index is 2.06. The van der Waals surface area contributed by atoms with E-state index in [1.807, 2.05) is 10.2 Å². The standard InChI is InChI=1S/C15H23F3N4O3S/c1-2-26(24,25)11-10-21-8-4-14(5-9-21,22-7-3-6-20-22)13(23)19-12-15(16,17)18/h3,6-7H,2,4-5,8-12H2,1H3,(H,19,23). The molecule has 0 aromatic carbocycles. The lowest BCUT2D eigenvalue weighted by Gasteiger charge is -2.40. The molecule has 1 aromatic heterocycles. The molecule has 0 saturated carbocycles. The van der Waals surface area contributed by atoms with Crippen LogP contribution in [0.1, 0.15) is 19.8 Å². The summed E-state index contributed by atoms with van der Waals surface area (Å²) >= 11 is 0. The molecule has 1 saturated heterocycles. The second kappa shape index (κ2) is 7.95. The van der Waals surface area contributed by atoms with Crippen molar-refractivity contribution in [3.8, 4) is 0 Å². The second-order valence-electron chi connectivity index (χ2n) is 6.36. The number of nitrogens with one attached hydrogen (secondary N) is 1. The quantitative estimate of drug-likeness (QED) is 0.737. The summed E-state index contributed by atoms with van der Waals surface area (Å²) in [4.78, 5) is 14.5. The Labute approximate surface area is 150 Å². The van der Waals surface area contributed by atoms with Gasteiger partial charge in [-0.2, -0.15) is 18.3 Å². The van der Waals surface area contributed by atoms with E-state index in [1.165, 1.54) is 10.9 Å². The second-order valence-corrected chi connectivity index (χ2v) is 8.83. The highest BCUT2D eigenvalue weighted by molar-refractivity contribution is 7.91. The molecule has 1 aliphatic heterocycles. The molecule has 2 heterocycles. The summed E-state index contributed by atoms with van der Waals surface area (Å²) in [7, 11) is -3.10. The van der Waals surface area contributed by atoms with Crippen LogP contribution in [-0.2, 0) is 20.2 Å². The van der Waals surface area contributed by atoms with Crippen LogP contribution in [0.25, 0.3) is 0 Å². The fourth-order valence-electron chi connectivity index (χ4n) is 2.99. The molecule has 0 unspecified atom stereocenters. The van der Waals surface area contributed by atoms with Crippen molar-refractivity contribution in [1.82, 2.24) is 20.0 Å². The van der Waals surface area contributed by atoms with E-state index in [0.29, 0.717) is 19.6 Å². The Morgan fingerprint density at radius 2 is 1.96 bits per heavy atom. The van der Waals surface area contributed by atoms with Crippen molar-refractivity contribution >= 4 is 15.7 Å². The molecule has 0 radical (unpaired) electrons. The predicted octanol–water partition coefficient (Wildman–Crippen LogP) is 0.787. The number of rotatable bonds is 7. The number of hydrogen-bond acceptors (Lipinski definition) is 5. The zero-order valence-electron chi connectivity index (χ0n) is 14.5. The van der Waals surface area contributed by atoms with Gasteiger partial charge in [-0.05, 0) is 18.9 Å². The number of alkyl halides is 3. The summed E-state index contributed by atoms with van der Waals surface area (Å²) in [5.41, 5.74) is -1.20. The summed E-state index contributed by atoms with van der Waals surface area (Å²) in [5.74, 6) is -0.629. The van der Waals surface area contributed by atoms with Crippen molar-refractivity contribution in [3.63, 3.8) is 0 Å². The number of amides is 1. The Hall–Kier alpha value is -1.62. The molecule has 1 N–H and O–H groups in total. The number of halogens is 3. The molecule has 0 atom stereocenters. The Morgan fingerprint density at radius 3 is 2.46 bits per heavy atom. The summed E-state index contributed by atoms with van der Waals surface area (Å²) in [5, 5.41) is 6.02. The van der Waals surface area contributed by atoms with Crippen LogP contribution in [0, 0.1) is 0 Å². The van der Waals surface area contributed by atoms with Gasteiger partial charge in [0.15, 0.2) is 9.84 Å². The third-order valence-corrected chi connectivity index (χ3v) is 6.34. The number of nitrogens with zero attached hydrogens (tertiary/aromatic N) is 3. The average Bonchev–Trinajstić information content (AvgIpc) is 3.13. The van der Waals surface area contributed by atoms with Crippen molar-refractivity contribution in [2.45, 2.75) is 31.5 Å². The molecule has 1 aromatic rings. The van der Waals surface area contributed by atoms with Crippen LogP contribution in [0.3, 0.4) is 0 Å². The van der Waals surface area contributed by atoms with Gasteiger partial charge < -0.3 is 10.2 Å². The lowest BCUT2D eigenvalue weighted by molar-refractivity contribution is -0.146. The molecule has 148 valence electrons. The first-order valence-electron chi connectivity index (χ1n) is 8.36. The maximum atomic E-state index is 12.5. The van der Waals surface area contributed by atoms with Crippen LogP contribution in [0.4, 0.5) is 13.2 Å². The molecule has 11 heteroatoms. The molecule has 26 heavy (non-hydrogen) atoms. The van der Waals surface area contributed by atoms with Gasteiger partial charge in [-0.3, -0.25) is 9.48 Å². The molecular weight excluding hydrogens is 373 g/mol. The van der Waals surface area contributed by atoms with Gasteiger partial charge in [0.1, 0.15) is 12.1 Å². The fraction of sp³-hybridized carbons (Fsp3) is 0.733. The van der Waals surface area contributed by atoms with Crippen LogP contribution in [-0.4, -0.2) is 72.9 Å². The number of carbonyl (C=O) groups is 1. The Bertz CT molecular complexity index is 696. The van der Waals surface area contributed by atoms with Gasteiger partial charge in [0.25, 0.3) is 0 Å². The molecule has 1 aliphatic rings. The van der Waals surface area contributed by atoms with E-state index in [1.54, 1.807) is 19.2 Å². The normalized spacial score (nSPS) is 18.6. The van der Waals surface area contributed by atoms with Gasteiger partial charge in [-0.25, -0.2) is 8.42 Å². The first-order chi connectivity index (χ1) is 12.1. The minimum atomic E-state index is -4.49. The zero-order chi connectivity index (χ0) is 19.4. The van der Waals surface area contributed by atoms with Crippen LogP contribution >= 0.6 is 0 Å². The first kappa shape index (κ1) is 20.7. The smallest absolute Gasteiger partial charge is 0.345 e. The van der Waals surface area contributed by atoms with Crippen LogP contribution < -0.4 is 5.32 Å². The molecule has 0 aliphatic carbocycles. The average molecular weight is 396 g/mol. The van der Waals surface area contributed by atoms with E-state index in [-0.39, 0.29) is 24.3 Å². The Morgan fingerprint density at radius 1 is 1.31 bits per heavy atom. The van der Waals surface area contributed by atoms with Crippen molar-refractivity contribution < 1.29 is 26.4 Å². The third-order valence-electron chi connectivity index (χ3n) is 4.66. The van der Waals surface area contributed by atoms with Gasteiger partial charge in [0, 0.05) is 37.8 Å². The zero-order valence-corrected chi connectivity index (χ0v) is 15.3. The van der Waals surface area contributed by atoms with Gasteiger partial charge >= 0.3 is 6.18 Å². The maximum Gasteiger partial charge on any atom is 0.405 e. The number of piperidine rings is 1. The molecule has 0 bridgehead atoms. The van der Waals surface area contributed by atoms with E-state index >= 15 is 0 Å². The molecule has 2 rings (SSSR count). The first-order valence-corrected chi connectivity index (χ1v) is 10.2. The largest absolute Gasteiger partial charge is 0.405 e. The van der Waals surface area contributed by atoms with E-state index < -0.39 is 34.0 Å². The van der Waals surface area contributed by atoms with Crippen LogP contribution in [0.15, 0.2) is 18.5 Å². The van der Waals surface area contributed by atoms with Crippen molar-refractivity contribution in [2.75, 3.05) is 37.7 Å². The van der Waals surface area contributed by atoms with E-state index in [4.69, 9.17) is 0 Å². The lowest BCUT2D eigenvalue weighted by Crippen LogP contribution is -2.56. The molecule has 0 spiro atoms. The number of carbonyl (C=O) groups excluding carboxylic acids is 1. The van der Waals surface area contributed by atoms with E-state index in [9.17, 15) is 26.4 Å². The van der Waals surface area contributed by atoms with Crippen molar-refractivity contribution in [3.05, 3.63) is 18.5 Å². The summed E-state index contributed by atoms with van der Waals surface area (Å²) < 4.78 is 62.0. The highest BCUT2D eigenvalue weighted by atomic mass is 32.2. The topological polar surface area (TPSA) is 84.3 Å². The van der Waals surface area contributed by atoms with E-state index in [2.05, 4.69) is 5.10 Å². The number of sulfone groups is 1. The van der Waals surface area contributed by atoms with Crippen LogP contribution in [0.2, 0.25) is 0 Å². The summed E-state index contributed by atoms with van der Waals surface area (Å²) in [6, 6.07) is 1.61. The predicted molar refractivity (Wildman–Crippen MR) is 89.3 cm³/mol. The van der Waals surface area contributed by atoms with Gasteiger partial charge in [-0.1, -0.05) is 6.92 Å². The molecule has 1 fully saturated rings. The number of hydrogen-bond donors (Lipinski definition) is 1. The summed E-state index contributed by atoms with van der Waals surface area (Å²) in [6.45, 7) is 1.33. The Kier molecular flexibility index (Phi) is 6.33. The van der Waals surface area contributed by atoms with Gasteiger partial charge in [0.05, 0.1) is 5.75 Å². The molecular formula is C15H23F3N4O3S. The number of aromatic nitrogens is 2. The van der Waals surface area contributed by atoms with Crippen molar-refractivity contribution in [2.24, 2.45) is 0 Å². The molecule has 1 amide bonds. The van der Waals surface area contributed by atoms with Gasteiger partial charge in [0.2, 0.25) is 5.91 Å². The minimum Gasteiger partial charge on any atom is -0.345 e.